The van der Waals surface area contributed by atoms with Gasteiger partial charge in [0.15, 0.2) is 5.65 Å². The Morgan fingerprint density at radius 1 is 1.12 bits per heavy atom. The van der Waals surface area contributed by atoms with Crippen LogP contribution in [0.3, 0.4) is 0 Å². The van der Waals surface area contributed by atoms with Crippen molar-refractivity contribution in [1.29, 1.82) is 0 Å². The largest absolute Gasteiger partial charge is 0.383 e. The molecule has 9 nitrogen and oxygen atoms in total. The minimum atomic E-state index is -3.16. The van der Waals surface area contributed by atoms with Crippen LogP contribution < -0.4 is 5.73 Å². The van der Waals surface area contributed by atoms with Crippen LogP contribution in [-0.4, -0.2) is 69.1 Å². The monoisotopic (exact) mass is 543 g/mol. The number of rotatable bonds is 5. The van der Waals surface area contributed by atoms with E-state index in [0.29, 0.717) is 48.7 Å². The molecule has 0 saturated carbocycles. The molecular formula is C23H26BrN7O2S. The Bertz CT molecular complexity index is 1490. The number of sulfonamides is 1. The van der Waals surface area contributed by atoms with Gasteiger partial charge in [0.25, 0.3) is 0 Å². The second-order valence-corrected chi connectivity index (χ2v) is 11.6. The molecule has 11 heteroatoms. The van der Waals surface area contributed by atoms with Gasteiger partial charge in [-0.1, -0.05) is 11.6 Å². The average molecular weight is 544 g/mol. The van der Waals surface area contributed by atoms with E-state index in [0.717, 1.165) is 27.7 Å². The second-order valence-electron chi connectivity index (χ2n) is 8.55. The number of nitrogens with zero attached hydrogens (tertiary/aromatic N) is 6. The molecule has 1 aromatic carbocycles. The van der Waals surface area contributed by atoms with Crippen molar-refractivity contribution in [2.75, 3.05) is 37.7 Å². The number of piperazine rings is 1. The number of hydrogen-bond donors (Lipinski definition) is 1. The molecule has 4 heterocycles. The van der Waals surface area contributed by atoms with Gasteiger partial charge in [0.05, 0.1) is 27.6 Å². The summed E-state index contributed by atoms with van der Waals surface area (Å²) < 4.78 is 28.2. The molecule has 178 valence electrons. The smallest absolute Gasteiger partial charge is 0.213 e. The standard InChI is InChI=1S/C23H26BrN7O2S/c1-3-34(32,33)30-8-6-29(7-9-30)14-20-21(24)22(25)31-23(28-20)18(13-27-31)17-11-16-10-15(2)4-5-19(16)26-12-17/h4-5,10-13H,3,6-9,14,25H2,1-2H3. The summed E-state index contributed by atoms with van der Waals surface area (Å²) in [6, 6.07) is 8.27. The zero-order valence-electron chi connectivity index (χ0n) is 19.1. The summed E-state index contributed by atoms with van der Waals surface area (Å²) in [7, 11) is -3.16. The molecule has 1 fully saturated rings. The first-order valence-corrected chi connectivity index (χ1v) is 13.6. The van der Waals surface area contributed by atoms with Crippen LogP contribution in [0.5, 0.6) is 0 Å². The van der Waals surface area contributed by atoms with E-state index in [2.05, 4.69) is 50.0 Å². The minimum Gasteiger partial charge on any atom is -0.383 e. The quantitative estimate of drug-likeness (QED) is 0.411. The van der Waals surface area contributed by atoms with Gasteiger partial charge in [0, 0.05) is 55.4 Å². The van der Waals surface area contributed by atoms with Crippen LogP contribution in [0, 0.1) is 6.92 Å². The molecule has 1 aliphatic rings. The number of nitrogen functional groups attached to an aromatic ring is 1. The molecule has 0 amide bonds. The topological polar surface area (TPSA) is 110 Å². The Morgan fingerprint density at radius 2 is 1.88 bits per heavy atom. The maximum Gasteiger partial charge on any atom is 0.213 e. The SMILES string of the molecule is CCS(=O)(=O)N1CCN(Cc2nc3c(-c4cnc5ccc(C)cc5c4)cnn3c(N)c2Br)CC1. The van der Waals surface area contributed by atoms with Crippen molar-refractivity contribution in [3.05, 3.63) is 52.4 Å². The van der Waals surface area contributed by atoms with Gasteiger partial charge in [-0.2, -0.15) is 13.9 Å². The fourth-order valence-corrected chi connectivity index (χ4v) is 5.78. The van der Waals surface area contributed by atoms with Crippen molar-refractivity contribution in [1.82, 2.24) is 28.8 Å². The molecule has 0 unspecified atom stereocenters. The number of hydrogen-bond acceptors (Lipinski definition) is 7. The summed E-state index contributed by atoms with van der Waals surface area (Å²) in [6.07, 6.45) is 3.60. The number of pyridine rings is 1. The summed E-state index contributed by atoms with van der Waals surface area (Å²) >= 11 is 3.60. The first-order chi connectivity index (χ1) is 16.3. The van der Waals surface area contributed by atoms with Crippen LogP contribution in [0.2, 0.25) is 0 Å². The lowest BCUT2D eigenvalue weighted by atomic mass is 10.1. The highest BCUT2D eigenvalue weighted by molar-refractivity contribution is 9.10. The molecule has 2 N–H and O–H groups in total. The lowest BCUT2D eigenvalue weighted by Gasteiger charge is -2.33. The highest BCUT2D eigenvalue weighted by Gasteiger charge is 2.26. The van der Waals surface area contributed by atoms with E-state index < -0.39 is 10.0 Å². The van der Waals surface area contributed by atoms with E-state index in [1.807, 2.05) is 18.3 Å². The van der Waals surface area contributed by atoms with E-state index in [9.17, 15) is 8.42 Å². The number of halogens is 1. The predicted molar refractivity (Wildman–Crippen MR) is 137 cm³/mol. The minimum absolute atomic E-state index is 0.125. The van der Waals surface area contributed by atoms with Crippen molar-refractivity contribution in [2.24, 2.45) is 0 Å². The molecule has 0 radical (unpaired) electrons. The number of fused-ring (bicyclic) bond motifs is 2. The molecule has 3 aromatic heterocycles. The van der Waals surface area contributed by atoms with Crippen LogP contribution in [0.15, 0.2) is 41.1 Å². The zero-order valence-corrected chi connectivity index (χ0v) is 21.5. The summed E-state index contributed by atoms with van der Waals surface area (Å²) in [5, 5.41) is 5.53. The highest BCUT2D eigenvalue weighted by atomic mass is 79.9. The van der Waals surface area contributed by atoms with Crippen LogP contribution in [0.1, 0.15) is 18.2 Å². The van der Waals surface area contributed by atoms with E-state index in [1.54, 1.807) is 21.9 Å². The Labute approximate surface area is 206 Å². The molecule has 0 spiro atoms. The van der Waals surface area contributed by atoms with Gasteiger partial charge in [0.2, 0.25) is 10.0 Å². The third-order valence-electron chi connectivity index (χ3n) is 6.30. The number of aromatic nitrogens is 4. The van der Waals surface area contributed by atoms with Crippen molar-refractivity contribution in [3.63, 3.8) is 0 Å². The van der Waals surface area contributed by atoms with Crippen LogP contribution >= 0.6 is 15.9 Å². The van der Waals surface area contributed by atoms with E-state index in [1.165, 1.54) is 5.56 Å². The maximum absolute atomic E-state index is 12.2. The van der Waals surface area contributed by atoms with Gasteiger partial charge in [-0.3, -0.25) is 9.88 Å². The lowest BCUT2D eigenvalue weighted by molar-refractivity contribution is 0.180. The van der Waals surface area contributed by atoms with E-state index >= 15 is 0 Å². The summed E-state index contributed by atoms with van der Waals surface area (Å²) in [4.78, 5) is 11.7. The lowest BCUT2D eigenvalue weighted by Crippen LogP contribution is -2.48. The van der Waals surface area contributed by atoms with Gasteiger partial charge < -0.3 is 5.73 Å². The van der Waals surface area contributed by atoms with E-state index in [4.69, 9.17) is 10.7 Å². The highest BCUT2D eigenvalue weighted by Crippen LogP contribution is 2.31. The molecule has 1 saturated heterocycles. The maximum atomic E-state index is 12.2. The third-order valence-corrected chi connectivity index (χ3v) is 9.05. The molecule has 5 rings (SSSR count). The summed E-state index contributed by atoms with van der Waals surface area (Å²) in [6.45, 7) is 6.52. The number of aryl methyl sites for hydroxylation is 1. The Kier molecular flexibility index (Phi) is 6.05. The molecular weight excluding hydrogens is 518 g/mol. The molecule has 0 aliphatic carbocycles. The molecule has 0 atom stereocenters. The summed E-state index contributed by atoms with van der Waals surface area (Å²) in [5.74, 6) is 0.601. The molecule has 4 aromatic rings. The number of benzene rings is 1. The molecule has 0 bridgehead atoms. The van der Waals surface area contributed by atoms with Crippen LogP contribution in [0.4, 0.5) is 5.82 Å². The van der Waals surface area contributed by atoms with Crippen LogP contribution in [0.25, 0.3) is 27.7 Å². The molecule has 1 aliphatic heterocycles. The average Bonchev–Trinajstić information content (AvgIpc) is 3.26. The van der Waals surface area contributed by atoms with E-state index in [-0.39, 0.29) is 5.75 Å². The first-order valence-electron chi connectivity index (χ1n) is 11.2. The Hall–Kier alpha value is -2.60. The first kappa shape index (κ1) is 23.2. The second kappa shape index (κ2) is 8.88. The zero-order chi connectivity index (χ0) is 24.0. The van der Waals surface area contributed by atoms with Gasteiger partial charge in [-0.25, -0.2) is 13.4 Å². The summed E-state index contributed by atoms with van der Waals surface area (Å²) in [5.41, 5.74) is 11.8. The Balaban J connectivity index is 1.47. The molecule has 34 heavy (non-hydrogen) atoms. The third kappa shape index (κ3) is 4.17. The fourth-order valence-electron chi connectivity index (χ4n) is 4.31. The predicted octanol–water partition coefficient (Wildman–Crippen LogP) is 3.06. The van der Waals surface area contributed by atoms with Crippen molar-refractivity contribution >= 4 is 48.3 Å². The van der Waals surface area contributed by atoms with Gasteiger partial charge in [-0.05, 0) is 48.0 Å². The number of anilines is 1. The van der Waals surface area contributed by atoms with Gasteiger partial charge in [-0.15, -0.1) is 0 Å². The Morgan fingerprint density at radius 3 is 2.62 bits per heavy atom. The van der Waals surface area contributed by atoms with Gasteiger partial charge in [0.1, 0.15) is 5.82 Å². The normalized spacial score (nSPS) is 16.0. The van der Waals surface area contributed by atoms with Crippen molar-refractivity contribution in [2.45, 2.75) is 20.4 Å². The van der Waals surface area contributed by atoms with Crippen molar-refractivity contribution in [3.8, 4) is 11.1 Å². The van der Waals surface area contributed by atoms with Gasteiger partial charge >= 0.3 is 0 Å². The fraction of sp³-hybridized carbons (Fsp3) is 0.348. The van der Waals surface area contributed by atoms with Crippen molar-refractivity contribution < 1.29 is 8.42 Å². The number of nitrogens with two attached hydrogens (primary N) is 1. The van der Waals surface area contributed by atoms with Crippen LogP contribution in [-0.2, 0) is 16.6 Å².